The lowest BCUT2D eigenvalue weighted by atomic mass is 9.98. The number of ether oxygens (including phenoxy) is 1. The average Bonchev–Trinajstić information content (AvgIpc) is 2.45. The van der Waals surface area contributed by atoms with E-state index in [2.05, 4.69) is 0 Å². The largest absolute Gasteiger partial charge is 0.501 e. The number of alkyl halides is 3. The first-order valence-corrected chi connectivity index (χ1v) is 6.27. The van der Waals surface area contributed by atoms with Gasteiger partial charge >= 0.3 is 6.18 Å². The first-order chi connectivity index (χ1) is 9.50. The molecule has 0 aromatic heterocycles. The number of benzene rings is 1. The van der Waals surface area contributed by atoms with Gasteiger partial charge < -0.3 is 4.74 Å². The summed E-state index contributed by atoms with van der Waals surface area (Å²) in [4.78, 5) is 0. The lowest BCUT2D eigenvalue weighted by Gasteiger charge is -2.15. The molecule has 1 nitrogen and oxygen atoms in total. The van der Waals surface area contributed by atoms with E-state index in [-0.39, 0.29) is 5.56 Å². The molecule has 1 aromatic carbocycles. The van der Waals surface area contributed by atoms with Crippen LogP contribution < -0.4 is 0 Å². The highest BCUT2D eigenvalue weighted by Crippen LogP contribution is 2.35. The van der Waals surface area contributed by atoms with Crippen LogP contribution in [0.3, 0.4) is 0 Å². The molecule has 4 heteroatoms. The van der Waals surface area contributed by atoms with Gasteiger partial charge in [-0.05, 0) is 29.7 Å². The van der Waals surface area contributed by atoms with E-state index in [1.165, 1.54) is 18.2 Å². The number of rotatable bonds is 3. The minimum atomic E-state index is -4.37. The molecule has 0 saturated heterocycles. The van der Waals surface area contributed by atoms with Crippen LogP contribution in [-0.2, 0) is 4.74 Å². The van der Waals surface area contributed by atoms with Crippen LogP contribution in [0.1, 0.15) is 18.4 Å². The summed E-state index contributed by atoms with van der Waals surface area (Å²) in [6, 6.07) is 7.85. The molecular formula is C16H15F3O. The second kappa shape index (κ2) is 5.99. The second-order valence-corrected chi connectivity index (χ2v) is 4.48. The van der Waals surface area contributed by atoms with Crippen LogP contribution in [-0.4, -0.2) is 13.3 Å². The predicted molar refractivity (Wildman–Crippen MR) is 72.9 cm³/mol. The van der Waals surface area contributed by atoms with E-state index >= 15 is 0 Å². The number of allylic oxidation sites excluding steroid dienone is 5. The lowest BCUT2D eigenvalue weighted by Crippen LogP contribution is -2.11. The third-order valence-electron chi connectivity index (χ3n) is 3.11. The molecule has 0 heterocycles. The Hall–Kier alpha value is -1.97. The molecule has 0 radical (unpaired) electrons. The first kappa shape index (κ1) is 14.4. The Morgan fingerprint density at radius 3 is 2.30 bits per heavy atom. The summed E-state index contributed by atoms with van der Waals surface area (Å²) in [5, 5.41) is 0. The quantitative estimate of drug-likeness (QED) is 0.766. The van der Waals surface area contributed by atoms with Gasteiger partial charge in [0.25, 0.3) is 0 Å². The van der Waals surface area contributed by atoms with Crippen molar-refractivity contribution >= 4 is 5.57 Å². The molecule has 0 N–H and O–H groups in total. The third-order valence-corrected chi connectivity index (χ3v) is 3.11. The van der Waals surface area contributed by atoms with Gasteiger partial charge in [-0.25, -0.2) is 0 Å². The van der Waals surface area contributed by atoms with E-state index < -0.39 is 11.7 Å². The van der Waals surface area contributed by atoms with Crippen molar-refractivity contribution in [3.63, 3.8) is 0 Å². The Bertz CT molecular complexity index is 551. The molecule has 0 aliphatic heterocycles. The zero-order valence-electron chi connectivity index (χ0n) is 11.1. The minimum Gasteiger partial charge on any atom is -0.501 e. The molecule has 0 unspecified atom stereocenters. The number of methoxy groups -OCH3 is 1. The fraction of sp³-hybridized carbons (Fsp3) is 0.250. The molecule has 1 aromatic rings. The van der Waals surface area contributed by atoms with Gasteiger partial charge in [0.15, 0.2) is 0 Å². The van der Waals surface area contributed by atoms with Crippen LogP contribution in [0.25, 0.3) is 5.57 Å². The Morgan fingerprint density at radius 2 is 1.80 bits per heavy atom. The standard InChI is InChI=1S/C16H15F3O/c1-20-14-9-7-12(8-10-14)11-15(16(17,18)19)13-5-3-2-4-6-13/h2-7,10-11H,8-9H2,1H3/b15-11+. The lowest BCUT2D eigenvalue weighted by molar-refractivity contribution is -0.0689. The average molecular weight is 280 g/mol. The van der Waals surface area contributed by atoms with Gasteiger partial charge in [-0.2, -0.15) is 13.2 Å². The van der Waals surface area contributed by atoms with Gasteiger partial charge in [0.05, 0.1) is 18.4 Å². The Kier molecular flexibility index (Phi) is 4.32. The van der Waals surface area contributed by atoms with Crippen molar-refractivity contribution < 1.29 is 17.9 Å². The SMILES string of the molecule is COC1=CCC(/C=C(\c2ccccc2)C(F)(F)F)=CC1. The molecule has 1 aliphatic carbocycles. The molecule has 0 fully saturated rings. The van der Waals surface area contributed by atoms with Gasteiger partial charge in [0.2, 0.25) is 0 Å². The maximum atomic E-state index is 13.2. The van der Waals surface area contributed by atoms with Crippen LogP contribution >= 0.6 is 0 Å². The normalized spacial score (nSPS) is 16.5. The summed E-state index contributed by atoms with van der Waals surface area (Å²) in [7, 11) is 1.56. The van der Waals surface area contributed by atoms with Crippen molar-refractivity contribution in [3.8, 4) is 0 Å². The van der Waals surface area contributed by atoms with Crippen molar-refractivity contribution in [1.29, 1.82) is 0 Å². The summed E-state index contributed by atoms with van der Waals surface area (Å²) in [5.41, 5.74) is 0.225. The van der Waals surface area contributed by atoms with Crippen molar-refractivity contribution in [2.24, 2.45) is 0 Å². The smallest absolute Gasteiger partial charge is 0.416 e. The maximum Gasteiger partial charge on any atom is 0.416 e. The summed E-state index contributed by atoms with van der Waals surface area (Å²) < 4.78 is 44.6. The highest BCUT2D eigenvalue weighted by molar-refractivity contribution is 5.72. The van der Waals surface area contributed by atoms with Gasteiger partial charge in [0.1, 0.15) is 0 Å². The second-order valence-electron chi connectivity index (χ2n) is 4.48. The minimum absolute atomic E-state index is 0.183. The molecule has 1 aliphatic rings. The number of hydrogen-bond acceptors (Lipinski definition) is 1. The summed E-state index contributed by atoms with van der Waals surface area (Å²) >= 11 is 0. The van der Waals surface area contributed by atoms with Crippen LogP contribution in [0.2, 0.25) is 0 Å². The highest BCUT2D eigenvalue weighted by Gasteiger charge is 2.34. The van der Waals surface area contributed by atoms with Crippen LogP contribution in [0.5, 0.6) is 0 Å². The van der Waals surface area contributed by atoms with Gasteiger partial charge in [0, 0.05) is 6.42 Å². The van der Waals surface area contributed by atoms with E-state index in [1.54, 1.807) is 31.4 Å². The first-order valence-electron chi connectivity index (χ1n) is 6.27. The summed E-state index contributed by atoms with van der Waals surface area (Å²) in [6.45, 7) is 0. The van der Waals surface area contributed by atoms with Crippen molar-refractivity contribution in [1.82, 2.24) is 0 Å². The molecule has 0 bridgehead atoms. The van der Waals surface area contributed by atoms with E-state index in [4.69, 9.17) is 4.74 Å². The van der Waals surface area contributed by atoms with E-state index in [1.807, 2.05) is 6.08 Å². The van der Waals surface area contributed by atoms with Gasteiger partial charge in [-0.1, -0.05) is 36.4 Å². The summed E-state index contributed by atoms with van der Waals surface area (Å²) in [5.74, 6) is 0.787. The molecule has 20 heavy (non-hydrogen) atoms. The molecule has 0 atom stereocenters. The molecule has 0 saturated carbocycles. The Labute approximate surface area is 116 Å². The topological polar surface area (TPSA) is 9.23 Å². The van der Waals surface area contributed by atoms with Crippen LogP contribution in [0, 0.1) is 0 Å². The Balaban J connectivity index is 2.30. The van der Waals surface area contributed by atoms with Crippen molar-refractivity contribution in [2.45, 2.75) is 19.0 Å². The van der Waals surface area contributed by atoms with E-state index in [0.717, 1.165) is 5.76 Å². The fourth-order valence-electron chi connectivity index (χ4n) is 2.05. The number of halogens is 3. The molecule has 0 amide bonds. The van der Waals surface area contributed by atoms with Crippen molar-refractivity contribution in [2.75, 3.05) is 7.11 Å². The third kappa shape index (κ3) is 3.53. The monoisotopic (exact) mass is 280 g/mol. The van der Waals surface area contributed by atoms with Crippen LogP contribution in [0.4, 0.5) is 13.2 Å². The molecule has 106 valence electrons. The molecule has 2 rings (SSSR count). The number of hydrogen-bond donors (Lipinski definition) is 0. The zero-order chi connectivity index (χ0) is 14.6. The molecular weight excluding hydrogens is 265 g/mol. The van der Waals surface area contributed by atoms with Crippen molar-refractivity contribution in [3.05, 3.63) is 65.5 Å². The highest BCUT2D eigenvalue weighted by atomic mass is 19.4. The Morgan fingerprint density at radius 1 is 1.10 bits per heavy atom. The van der Waals surface area contributed by atoms with E-state index in [9.17, 15) is 13.2 Å². The van der Waals surface area contributed by atoms with Gasteiger partial charge in [-0.3, -0.25) is 0 Å². The maximum absolute atomic E-state index is 13.2. The van der Waals surface area contributed by atoms with E-state index in [0.29, 0.717) is 18.4 Å². The van der Waals surface area contributed by atoms with Gasteiger partial charge in [-0.15, -0.1) is 0 Å². The molecule has 0 spiro atoms. The zero-order valence-corrected chi connectivity index (χ0v) is 11.1. The summed E-state index contributed by atoms with van der Waals surface area (Å²) in [6.07, 6.45) is 1.42. The fourth-order valence-corrected chi connectivity index (χ4v) is 2.05. The predicted octanol–water partition coefficient (Wildman–Crippen LogP) is 4.88. The van der Waals surface area contributed by atoms with Crippen LogP contribution in [0.15, 0.2) is 59.9 Å².